The SMILES string of the molecule is O=C(O)CCCCCNC(=O)c1[nH]c2cc(Cl)ccc2c1-c1c(-c2ccc(F)cc2)cnn1Cc1ccc(Cl)cc1. The van der Waals surface area contributed by atoms with Crippen LogP contribution in [0.4, 0.5) is 4.39 Å². The molecule has 1 amide bonds. The maximum Gasteiger partial charge on any atom is 0.303 e. The molecule has 0 saturated carbocycles. The fourth-order valence-electron chi connectivity index (χ4n) is 4.83. The molecule has 7 nitrogen and oxygen atoms in total. The summed E-state index contributed by atoms with van der Waals surface area (Å²) in [6.07, 6.45) is 3.70. The van der Waals surface area contributed by atoms with E-state index in [1.54, 1.807) is 30.5 Å². The van der Waals surface area contributed by atoms with Crippen molar-refractivity contribution >= 4 is 46.0 Å². The van der Waals surface area contributed by atoms with Gasteiger partial charge in [0.1, 0.15) is 11.5 Å². The first-order chi connectivity index (χ1) is 19.8. The van der Waals surface area contributed by atoms with Crippen molar-refractivity contribution in [1.82, 2.24) is 20.1 Å². The highest BCUT2D eigenvalue weighted by molar-refractivity contribution is 6.31. The smallest absolute Gasteiger partial charge is 0.303 e. The number of carbonyl (C=O) groups is 2. The number of nitrogens with zero attached hydrogens (tertiary/aromatic N) is 2. The maximum absolute atomic E-state index is 13.8. The first-order valence-electron chi connectivity index (χ1n) is 13.2. The number of aliphatic carboxylic acids is 1. The number of unbranched alkanes of at least 4 members (excludes halogenated alkanes) is 2. The molecule has 3 N–H and O–H groups in total. The third-order valence-corrected chi connectivity index (χ3v) is 7.30. The minimum atomic E-state index is -0.831. The molecule has 10 heteroatoms. The summed E-state index contributed by atoms with van der Waals surface area (Å²) < 4.78 is 15.6. The lowest BCUT2D eigenvalue weighted by molar-refractivity contribution is -0.137. The summed E-state index contributed by atoms with van der Waals surface area (Å²) in [7, 11) is 0. The molecule has 2 heterocycles. The molecule has 0 radical (unpaired) electrons. The molecule has 2 aromatic heterocycles. The van der Waals surface area contributed by atoms with Crippen LogP contribution < -0.4 is 5.32 Å². The van der Waals surface area contributed by atoms with Crippen LogP contribution >= 0.6 is 23.2 Å². The Morgan fingerprint density at radius 3 is 2.41 bits per heavy atom. The fraction of sp³-hybridized carbons (Fsp3) is 0.194. The molecule has 0 saturated heterocycles. The maximum atomic E-state index is 13.8. The number of aromatic amines is 1. The lowest BCUT2D eigenvalue weighted by Crippen LogP contribution is -2.25. The third-order valence-electron chi connectivity index (χ3n) is 6.82. The van der Waals surface area contributed by atoms with Crippen molar-refractivity contribution in [3.8, 4) is 22.4 Å². The highest BCUT2D eigenvalue weighted by Gasteiger charge is 2.26. The lowest BCUT2D eigenvalue weighted by atomic mass is 9.98. The number of H-pyrrole nitrogens is 1. The van der Waals surface area contributed by atoms with Crippen LogP contribution in [0.2, 0.25) is 10.0 Å². The summed E-state index contributed by atoms with van der Waals surface area (Å²) in [5.74, 6) is -1.49. The molecule has 0 atom stereocenters. The Hall–Kier alpha value is -4.14. The van der Waals surface area contributed by atoms with E-state index in [0.29, 0.717) is 64.9 Å². The molecule has 41 heavy (non-hydrogen) atoms. The average molecular weight is 593 g/mol. The number of amides is 1. The number of halogens is 3. The predicted molar refractivity (Wildman–Crippen MR) is 159 cm³/mol. The molecule has 0 fully saturated rings. The van der Waals surface area contributed by atoms with Crippen LogP contribution in [0.3, 0.4) is 0 Å². The van der Waals surface area contributed by atoms with Crippen molar-refractivity contribution in [2.24, 2.45) is 0 Å². The van der Waals surface area contributed by atoms with Gasteiger partial charge in [-0.3, -0.25) is 14.3 Å². The Morgan fingerprint density at radius 2 is 1.68 bits per heavy atom. The molecule has 5 rings (SSSR count). The van der Waals surface area contributed by atoms with E-state index in [9.17, 15) is 14.0 Å². The number of benzene rings is 3. The zero-order chi connectivity index (χ0) is 28.9. The van der Waals surface area contributed by atoms with E-state index in [1.807, 2.05) is 35.0 Å². The number of carboxylic acids is 1. The second-order valence-corrected chi connectivity index (χ2v) is 10.6. The van der Waals surface area contributed by atoms with Crippen molar-refractivity contribution < 1.29 is 19.1 Å². The van der Waals surface area contributed by atoms with Crippen LogP contribution in [0.5, 0.6) is 0 Å². The predicted octanol–water partition coefficient (Wildman–Crippen LogP) is 7.57. The molecule has 210 valence electrons. The second-order valence-electron chi connectivity index (χ2n) is 9.72. The van der Waals surface area contributed by atoms with Gasteiger partial charge in [-0.15, -0.1) is 0 Å². The van der Waals surface area contributed by atoms with E-state index in [-0.39, 0.29) is 18.1 Å². The van der Waals surface area contributed by atoms with Gasteiger partial charge in [-0.1, -0.05) is 60.0 Å². The van der Waals surface area contributed by atoms with E-state index < -0.39 is 5.97 Å². The number of carbonyl (C=O) groups excluding carboxylic acids is 1. The van der Waals surface area contributed by atoms with Gasteiger partial charge in [0, 0.05) is 45.0 Å². The molecule has 0 bridgehead atoms. The van der Waals surface area contributed by atoms with Gasteiger partial charge in [0.2, 0.25) is 0 Å². The molecule has 5 aromatic rings. The summed E-state index contributed by atoms with van der Waals surface area (Å²) >= 11 is 12.4. The summed E-state index contributed by atoms with van der Waals surface area (Å²) in [6, 6.07) is 19.0. The van der Waals surface area contributed by atoms with Crippen LogP contribution in [-0.2, 0) is 11.3 Å². The topological polar surface area (TPSA) is 100 Å². The van der Waals surface area contributed by atoms with Gasteiger partial charge in [-0.2, -0.15) is 5.10 Å². The Kier molecular flexibility index (Phi) is 8.71. The van der Waals surface area contributed by atoms with Crippen molar-refractivity contribution in [3.63, 3.8) is 0 Å². The van der Waals surface area contributed by atoms with Gasteiger partial charge in [0.15, 0.2) is 0 Å². The van der Waals surface area contributed by atoms with E-state index in [4.69, 9.17) is 33.4 Å². The normalized spacial score (nSPS) is 11.2. The van der Waals surface area contributed by atoms with Crippen molar-refractivity contribution in [1.29, 1.82) is 0 Å². The summed E-state index contributed by atoms with van der Waals surface area (Å²) in [4.78, 5) is 27.6. The number of fused-ring (bicyclic) bond motifs is 1. The largest absolute Gasteiger partial charge is 0.481 e. The minimum absolute atomic E-state index is 0.102. The summed E-state index contributed by atoms with van der Waals surface area (Å²) in [6.45, 7) is 0.793. The van der Waals surface area contributed by atoms with Crippen molar-refractivity contribution in [3.05, 3.63) is 100 Å². The first-order valence-corrected chi connectivity index (χ1v) is 13.9. The summed E-state index contributed by atoms with van der Waals surface area (Å²) in [5, 5.41) is 18.4. The Balaban J connectivity index is 1.59. The lowest BCUT2D eigenvalue weighted by Gasteiger charge is -2.13. The number of aromatic nitrogens is 3. The van der Waals surface area contributed by atoms with E-state index in [1.165, 1.54) is 12.1 Å². The Bertz CT molecular complexity index is 1700. The average Bonchev–Trinajstić information content (AvgIpc) is 3.52. The number of hydrogen-bond donors (Lipinski definition) is 3. The molecular formula is C31H27Cl2FN4O3. The molecule has 0 aliphatic heterocycles. The molecule has 0 spiro atoms. The Labute approximate surface area is 245 Å². The van der Waals surface area contributed by atoms with Crippen molar-refractivity contribution in [2.45, 2.75) is 32.2 Å². The van der Waals surface area contributed by atoms with Crippen LogP contribution in [0.15, 0.2) is 72.9 Å². The number of nitrogens with one attached hydrogen (secondary N) is 2. The van der Waals surface area contributed by atoms with Crippen LogP contribution in [0, 0.1) is 5.82 Å². The number of carboxylic acid groups (broad SMARTS) is 1. The number of hydrogen-bond acceptors (Lipinski definition) is 3. The standard InChI is InChI=1S/C31H27Cl2FN4O3/c32-21-9-5-19(6-10-21)18-38-30(25(17-36-38)20-7-12-23(34)13-8-20)28-24-14-11-22(33)16-26(24)37-29(28)31(41)35-15-3-1-2-4-27(39)40/h5-14,16-17,37H,1-4,15,18H2,(H,35,41)(H,39,40). The second kappa shape index (κ2) is 12.6. The Morgan fingerprint density at radius 1 is 0.951 bits per heavy atom. The fourth-order valence-corrected chi connectivity index (χ4v) is 5.12. The van der Waals surface area contributed by atoms with Crippen LogP contribution in [-0.4, -0.2) is 38.3 Å². The van der Waals surface area contributed by atoms with Gasteiger partial charge < -0.3 is 15.4 Å². The van der Waals surface area contributed by atoms with Gasteiger partial charge in [-0.25, -0.2) is 4.39 Å². The van der Waals surface area contributed by atoms with Gasteiger partial charge in [0.25, 0.3) is 5.91 Å². The third kappa shape index (κ3) is 6.61. The monoisotopic (exact) mass is 592 g/mol. The quantitative estimate of drug-likeness (QED) is 0.138. The zero-order valence-electron chi connectivity index (χ0n) is 22.0. The van der Waals surface area contributed by atoms with E-state index >= 15 is 0 Å². The van der Waals surface area contributed by atoms with Crippen LogP contribution in [0.1, 0.15) is 41.7 Å². The van der Waals surface area contributed by atoms with Crippen LogP contribution in [0.25, 0.3) is 33.3 Å². The van der Waals surface area contributed by atoms with E-state index in [2.05, 4.69) is 10.3 Å². The molecule has 0 aliphatic carbocycles. The van der Waals surface area contributed by atoms with Gasteiger partial charge in [0.05, 0.1) is 18.4 Å². The highest BCUT2D eigenvalue weighted by Crippen LogP contribution is 2.40. The summed E-state index contributed by atoms with van der Waals surface area (Å²) in [5.41, 5.74) is 4.80. The molecule has 3 aromatic carbocycles. The number of rotatable bonds is 11. The van der Waals surface area contributed by atoms with Gasteiger partial charge in [-0.05, 0) is 60.4 Å². The minimum Gasteiger partial charge on any atom is -0.481 e. The first kappa shape index (κ1) is 28.4. The van der Waals surface area contributed by atoms with Gasteiger partial charge >= 0.3 is 5.97 Å². The zero-order valence-corrected chi connectivity index (χ0v) is 23.5. The molecule has 0 unspecified atom stereocenters. The molecular weight excluding hydrogens is 566 g/mol. The van der Waals surface area contributed by atoms with Crippen molar-refractivity contribution in [2.75, 3.05) is 6.54 Å². The van der Waals surface area contributed by atoms with E-state index in [0.717, 1.165) is 22.1 Å². The molecule has 0 aliphatic rings. The highest BCUT2D eigenvalue weighted by atomic mass is 35.5.